The highest BCUT2D eigenvalue weighted by molar-refractivity contribution is 5.84. The Morgan fingerprint density at radius 2 is 1.48 bits per heavy atom. The van der Waals surface area contributed by atoms with Gasteiger partial charge in [0.05, 0.1) is 34.7 Å². The minimum absolute atomic E-state index is 0.0909. The average Bonchev–Trinajstić information content (AvgIpc) is 3.94. The van der Waals surface area contributed by atoms with Crippen LogP contribution in [0.2, 0.25) is 0 Å². The highest BCUT2D eigenvalue weighted by Crippen LogP contribution is 2.71. The van der Waals surface area contributed by atoms with Gasteiger partial charge < -0.3 is 25.1 Å². The number of fused-ring (bicyclic) bond motifs is 7. The van der Waals surface area contributed by atoms with Crippen LogP contribution in [0.3, 0.4) is 0 Å². The second-order valence-corrected chi connectivity index (χ2v) is 21.4. The molecule has 13 unspecified atom stereocenters. The Balaban J connectivity index is 0.789. The molecule has 0 saturated heterocycles. The number of hydrogen-bond acceptors (Lipinski definition) is 7. The van der Waals surface area contributed by atoms with Crippen LogP contribution in [0.4, 0.5) is 0 Å². The van der Waals surface area contributed by atoms with E-state index in [0.717, 1.165) is 86.9 Å². The number of amides is 1. The predicted octanol–water partition coefficient (Wildman–Crippen LogP) is 9.53. The van der Waals surface area contributed by atoms with E-state index >= 15 is 0 Å². The Bertz CT molecular complexity index is 2100. The van der Waals surface area contributed by atoms with E-state index in [1.807, 2.05) is 49.5 Å². The number of nitrogens with one attached hydrogen (secondary N) is 3. The molecule has 0 bridgehead atoms. The summed E-state index contributed by atoms with van der Waals surface area (Å²) in [6.07, 6.45) is 17.4. The van der Waals surface area contributed by atoms with E-state index in [9.17, 15) is 14.4 Å². The molecule has 2 aromatic carbocycles. The molecule has 7 saturated carbocycles. The summed E-state index contributed by atoms with van der Waals surface area (Å²) < 4.78 is 12.1. The van der Waals surface area contributed by atoms with Crippen molar-refractivity contribution in [2.75, 3.05) is 7.05 Å². The van der Waals surface area contributed by atoms with Gasteiger partial charge in [0.1, 0.15) is 18.5 Å². The minimum Gasteiger partial charge on any atom is -0.461 e. The van der Waals surface area contributed by atoms with Crippen molar-refractivity contribution in [3.8, 4) is 11.3 Å². The number of aromatic amines is 1. The van der Waals surface area contributed by atoms with Gasteiger partial charge >= 0.3 is 11.9 Å². The highest BCUT2D eigenvalue weighted by Gasteiger charge is 2.67. The Labute approximate surface area is 362 Å². The lowest BCUT2D eigenvalue weighted by atomic mass is 9.38. The molecule has 326 valence electrons. The molecule has 1 amide bonds. The van der Waals surface area contributed by atoms with E-state index in [4.69, 9.17) is 14.5 Å². The first-order valence-electron chi connectivity index (χ1n) is 24.0. The maximum Gasteiger partial charge on any atom is 0.309 e. The third-order valence-electron chi connectivity index (χ3n) is 19.0. The second-order valence-electron chi connectivity index (χ2n) is 21.4. The maximum atomic E-state index is 14.9. The second kappa shape index (κ2) is 15.7. The quantitative estimate of drug-likeness (QED) is 0.174. The van der Waals surface area contributed by atoms with Gasteiger partial charge in [-0.2, -0.15) is 0 Å². The zero-order valence-electron chi connectivity index (χ0n) is 36.9. The lowest BCUT2D eigenvalue weighted by Gasteiger charge is -2.67. The van der Waals surface area contributed by atoms with Gasteiger partial charge in [-0.1, -0.05) is 87.9 Å². The predicted molar refractivity (Wildman–Crippen MR) is 234 cm³/mol. The zero-order valence-corrected chi connectivity index (χ0v) is 36.9. The van der Waals surface area contributed by atoms with Gasteiger partial charge in [-0.25, -0.2) is 4.98 Å². The standard InChI is InChI=1S/C52H68N4O5/c1-32-36(45(57)60-31-33-13-7-5-8-14-33)29-37(32)46(58)61-42-22-27-50(3)40(44(42)53-4)20-26-49(2)38-21-28-51(23-11-17-39(51)35(38)18-19-43(49)50)48(59)56-52(24-12-25-52)47-54-30-41(55-47)34-15-9-6-10-16-34/h5-10,13-16,30,32,35-40,42-44,53H,11-12,17-29,31H2,1-4H3,(H,54,55)(H,56,59). The van der Waals surface area contributed by atoms with Gasteiger partial charge in [-0.15, -0.1) is 0 Å². The number of hydrogen-bond donors (Lipinski definition) is 3. The third kappa shape index (κ3) is 6.63. The van der Waals surface area contributed by atoms with Crippen molar-refractivity contribution in [1.29, 1.82) is 0 Å². The molecule has 7 aliphatic carbocycles. The molecule has 1 heterocycles. The molecule has 9 heteroatoms. The first-order chi connectivity index (χ1) is 29.5. The molecule has 9 nitrogen and oxygen atoms in total. The molecule has 7 aliphatic rings. The van der Waals surface area contributed by atoms with Crippen molar-refractivity contribution in [1.82, 2.24) is 20.6 Å². The van der Waals surface area contributed by atoms with Crippen LogP contribution in [-0.2, 0) is 36.0 Å². The van der Waals surface area contributed by atoms with Crippen molar-refractivity contribution in [2.24, 2.45) is 63.6 Å². The fourth-order valence-electron chi connectivity index (χ4n) is 15.5. The van der Waals surface area contributed by atoms with E-state index in [2.05, 4.69) is 60.8 Å². The lowest BCUT2D eigenvalue weighted by molar-refractivity contribution is -0.200. The lowest BCUT2D eigenvalue weighted by Crippen LogP contribution is -2.65. The summed E-state index contributed by atoms with van der Waals surface area (Å²) in [7, 11) is 2.06. The summed E-state index contributed by atoms with van der Waals surface area (Å²) >= 11 is 0. The van der Waals surface area contributed by atoms with Crippen LogP contribution in [0.15, 0.2) is 66.9 Å². The van der Waals surface area contributed by atoms with Crippen molar-refractivity contribution in [3.63, 3.8) is 0 Å². The van der Waals surface area contributed by atoms with Crippen molar-refractivity contribution < 1.29 is 23.9 Å². The monoisotopic (exact) mass is 829 g/mol. The van der Waals surface area contributed by atoms with Crippen LogP contribution in [0, 0.1) is 63.6 Å². The SMILES string of the molecule is CNC1C(OC(=O)C2CC(C(=O)OCc3ccccc3)C2C)CCC2(C)C1CCC1(C)C3CCC4(C(=O)NC5(c6ncc(-c7ccccc7)[nH]6)CCC5)CCCC4C3CCC12. The number of likely N-dealkylation sites (N-methyl/N-ethyl adjacent to an activating group) is 1. The number of nitrogens with zero attached hydrogens (tertiary/aromatic N) is 1. The van der Waals surface area contributed by atoms with E-state index in [0.29, 0.717) is 41.9 Å². The Hall–Kier alpha value is -3.98. The molecule has 10 rings (SSSR count). The molecule has 13 atom stereocenters. The number of esters is 2. The van der Waals surface area contributed by atoms with Crippen LogP contribution in [-0.4, -0.2) is 47.0 Å². The fourth-order valence-corrected chi connectivity index (χ4v) is 15.5. The third-order valence-corrected chi connectivity index (χ3v) is 19.0. The van der Waals surface area contributed by atoms with Crippen molar-refractivity contribution in [2.45, 2.75) is 141 Å². The molecule has 0 radical (unpaired) electrons. The largest absolute Gasteiger partial charge is 0.461 e. The van der Waals surface area contributed by atoms with Gasteiger partial charge in [0, 0.05) is 6.04 Å². The van der Waals surface area contributed by atoms with Gasteiger partial charge in [0.2, 0.25) is 5.91 Å². The van der Waals surface area contributed by atoms with Gasteiger partial charge in [-0.05, 0) is 154 Å². The van der Waals surface area contributed by atoms with E-state index < -0.39 is 5.54 Å². The number of imidazole rings is 1. The Morgan fingerprint density at radius 3 is 2.20 bits per heavy atom. The van der Waals surface area contributed by atoms with E-state index in [1.54, 1.807) is 0 Å². The fraction of sp³-hybridized carbons (Fsp3) is 0.654. The highest BCUT2D eigenvalue weighted by atomic mass is 16.5. The molecule has 7 fully saturated rings. The van der Waals surface area contributed by atoms with Crippen LogP contribution in [0.25, 0.3) is 11.3 Å². The average molecular weight is 829 g/mol. The van der Waals surface area contributed by atoms with Crippen molar-refractivity contribution in [3.05, 3.63) is 78.2 Å². The molecule has 0 spiro atoms. The number of carbonyl (C=O) groups is 3. The van der Waals surface area contributed by atoms with Gasteiger partial charge in [-0.3, -0.25) is 14.4 Å². The summed E-state index contributed by atoms with van der Waals surface area (Å²) in [6.45, 7) is 7.47. The smallest absolute Gasteiger partial charge is 0.309 e. The number of carbonyl (C=O) groups excluding carboxylic acids is 3. The van der Waals surface area contributed by atoms with Gasteiger partial charge in [0.25, 0.3) is 0 Å². The van der Waals surface area contributed by atoms with Crippen LogP contribution >= 0.6 is 0 Å². The Kier molecular flexibility index (Phi) is 10.5. The molecule has 1 aromatic heterocycles. The number of aromatic nitrogens is 2. The summed E-state index contributed by atoms with van der Waals surface area (Å²) in [5.74, 6) is 2.95. The molecule has 3 N–H and O–H groups in total. The number of ether oxygens (including phenoxy) is 2. The topological polar surface area (TPSA) is 122 Å². The molecular formula is C52H68N4O5. The summed E-state index contributed by atoms with van der Waals surface area (Å²) in [5, 5.41) is 7.40. The first kappa shape index (κ1) is 41.1. The Morgan fingerprint density at radius 1 is 0.770 bits per heavy atom. The summed E-state index contributed by atoms with van der Waals surface area (Å²) in [4.78, 5) is 50.1. The normalized spacial score (nSPS) is 39.5. The summed E-state index contributed by atoms with van der Waals surface area (Å²) in [5.41, 5.74) is 2.82. The number of H-pyrrole nitrogens is 1. The summed E-state index contributed by atoms with van der Waals surface area (Å²) in [6, 6.07) is 20.2. The number of benzene rings is 2. The molecule has 3 aromatic rings. The molecular weight excluding hydrogens is 761 g/mol. The number of rotatable bonds is 10. The first-order valence-corrected chi connectivity index (χ1v) is 24.0. The maximum absolute atomic E-state index is 14.9. The minimum atomic E-state index is -0.397. The van der Waals surface area contributed by atoms with Crippen LogP contribution in [0.1, 0.15) is 128 Å². The van der Waals surface area contributed by atoms with E-state index in [-0.39, 0.29) is 64.7 Å². The molecule has 61 heavy (non-hydrogen) atoms. The van der Waals surface area contributed by atoms with E-state index in [1.165, 1.54) is 25.7 Å². The van der Waals surface area contributed by atoms with Crippen LogP contribution in [0.5, 0.6) is 0 Å². The zero-order chi connectivity index (χ0) is 42.1. The van der Waals surface area contributed by atoms with Gasteiger partial charge in [0.15, 0.2) is 0 Å². The van der Waals surface area contributed by atoms with Crippen LogP contribution < -0.4 is 10.6 Å². The van der Waals surface area contributed by atoms with Crippen molar-refractivity contribution >= 4 is 17.8 Å². The molecule has 0 aliphatic heterocycles.